The van der Waals surface area contributed by atoms with Crippen molar-refractivity contribution < 1.29 is 33.6 Å². The van der Waals surface area contributed by atoms with Gasteiger partial charge in [0.05, 0.1) is 0 Å². The van der Waals surface area contributed by atoms with Gasteiger partial charge in [-0.2, -0.15) is 13.2 Å². The van der Waals surface area contributed by atoms with Crippen molar-refractivity contribution in [1.82, 2.24) is 0 Å². The van der Waals surface area contributed by atoms with Gasteiger partial charge in [-0.15, -0.1) is 0 Å². The fourth-order valence-corrected chi connectivity index (χ4v) is 7.56. The number of halogens is 4. The summed E-state index contributed by atoms with van der Waals surface area (Å²) in [4.78, 5) is 0. The second-order valence-electron chi connectivity index (χ2n) is 4.42. The summed E-state index contributed by atoms with van der Waals surface area (Å²) in [6, 6.07) is 32.8. The van der Waals surface area contributed by atoms with Gasteiger partial charge in [-0.25, -0.2) is 0 Å². The number of benzene rings is 3. The molecule has 0 bridgehead atoms. The Morgan fingerprint density at radius 2 is 0.708 bits per heavy atom. The molecule has 0 aliphatic rings. The SMILES string of the molecule is FC(F)F.[Re].c1ccc(I(c2ccccc2)c2ccccc2)cc1. The van der Waals surface area contributed by atoms with Crippen LogP contribution in [0.25, 0.3) is 0 Å². The van der Waals surface area contributed by atoms with Crippen LogP contribution >= 0.6 is 19.8 Å². The number of hydrogen-bond acceptors (Lipinski definition) is 0. The normalized spacial score (nSPS) is 10.2. The van der Waals surface area contributed by atoms with E-state index in [2.05, 4.69) is 91.0 Å². The Morgan fingerprint density at radius 3 is 0.917 bits per heavy atom. The summed E-state index contributed by atoms with van der Waals surface area (Å²) in [5.74, 6) is 0. The minimum atomic E-state index is -3.67. The number of rotatable bonds is 3. The van der Waals surface area contributed by atoms with Crippen LogP contribution in [0.15, 0.2) is 91.0 Å². The molecule has 0 saturated heterocycles. The molecule has 24 heavy (non-hydrogen) atoms. The van der Waals surface area contributed by atoms with E-state index in [0.717, 1.165) is 0 Å². The molecular weight excluding hydrogens is 598 g/mol. The first-order valence-electron chi connectivity index (χ1n) is 6.95. The van der Waals surface area contributed by atoms with Gasteiger partial charge in [0, 0.05) is 20.4 Å². The molecule has 3 aromatic carbocycles. The van der Waals surface area contributed by atoms with Gasteiger partial charge in [-0.05, 0) is 0 Å². The van der Waals surface area contributed by atoms with Crippen LogP contribution in [-0.4, -0.2) is 6.68 Å². The summed E-state index contributed by atoms with van der Waals surface area (Å²) >= 11 is -1.52. The molecule has 0 aromatic heterocycles. The summed E-state index contributed by atoms with van der Waals surface area (Å²) in [7, 11) is 0. The van der Waals surface area contributed by atoms with Crippen LogP contribution < -0.4 is 0 Å². The Balaban J connectivity index is 0.000000522. The van der Waals surface area contributed by atoms with Gasteiger partial charge in [-0.1, -0.05) is 0 Å². The molecule has 0 aliphatic heterocycles. The average molecular weight is 614 g/mol. The van der Waals surface area contributed by atoms with Crippen molar-refractivity contribution in [3.8, 4) is 0 Å². The molecule has 0 heterocycles. The molecule has 1 radical (unpaired) electrons. The number of hydrogen-bond donors (Lipinski definition) is 0. The third-order valence-electron chi connectivity index (χ3n) is 2.85. The Labute approximate surface area is 161 Å². The maximum atomic E-state index is 9.67. The van der Waals surface area contributed by atoms with Crippen molar-refractivity contribution >= 4 is 19.8 Å². The van der Waals surface area contributed by atoms with Crippen molar-refractivity contribution in [1.29, 1.82) is 0 Å². The second-order valence-corrected chi connectivity index (χ2v) is 9.77. The molecule has 5 heteroatoms. The van der Waals surface area contributed by atoms with Crippen LogP contribution in [0.3, 0.4) is 0 Å². The fraction of sp³-hybridized carbons (Fsp3) is 0.0526. The third-order valence-corrected chi connectivity index (χ3v) is 8.75. The zero-order chi connectivity index (χ0) is 16.5. The molecule has 3 aromatic rings. The van der Waals surface area contributed by atoms with Gasteiger partial charge < -0.3 is 0 Å². The quantitative estimate of drug-likeness (QED) is 0.305. The van der Waals surface area contributed by atoms with Gasteiger partial charge in [0.1, 0.15) is 0 Å². The van der Waals surface area contributed by atoms with Crippen LogP contribution in [0.5, 0.6) is 0 Å². The van der Waals surface area contributed by atoms with Gasteiger partial charge in [-0.3, -0.25) is 0 Å². The van der Waals surface area contributed by atoms with Crippen molar-refractivity contribution in [3.05, 3.63) is 102 Å². The molecule has 0 atom stereocenters. The first-order chi connectivity index (χ1) is 11.2. The molecule has 0 amide bonds. The predicted molar refractivity (Wildman–Crippen MR) is 96.5 cm³/mol. The molecular formula is C19H16F3IRe. The molecule has 0 aliphatic carbocycles. The molecule has 0 spiro atoms. The van der Waals surface area contributed by atoms with Crippen LogP contribution in [0, 0.1) is 10.7 Å². The summed E-state index contributed by atoms with van der Waals surface area (Å²) in [6.45, 7) is -3.67. The first-order valence-corrected chi connectivity index (χ1v) is 10.2. The van der Waals surface area contributed by atoms with Gasteiger partial charge in [0.25, 0.3) is 0 Å². The monoisotopic (exact) mass is 615 g/mol. The Morgan fingerprint density at radius 1 is 0.500 bits per heavy atom. The standard InChI is InChI=1S/C18H15I.CHF3.Re/c1-4-10-16(11-5-1)19(17-12-6-2-7-13-17)18-14-8-3-9-15-18;2-1(3)4;/h1-15H;1H;. The van der Waals surface area contributed by atoms with Gasteiger partial charge in [0.2, 0.25) is 0 Å². The molecule has 3 rings (SSSR count). The molecule has 0 saturated carbocycles. The van der Waals surface area contributed by atoms with E-state index in [1.54, 1.807) is 0 Å². The van der Waals surface area contributed by atoms with Crippen molar-refractivity contribution in [2.45, 2.75) is 6.68 Å². The topological polar surface area (TPSA) is 0 Å². The summed E-state index contributed by atoms with van der Waals surface area (Å²) in [5.41, 5.74) is 0. The summed E-state index contributed by atoms with van der Waals surface area (Å²) < 4.78 is 33.5. The predicted octanol–water partition coefficient (Wildman–Crippen LogP) is 6.28. The van der Waals surface area contributed by atoms with E-state index in [1.165, 1.54) is 10.7 Å². The van der Waals surface area contributed by atoms with E-state index in [4.69, 9.17) is 0 Å². The zero-order valence-electron chi connectivity index (χ0n) is 12.6. The Kier molecular flexibility index (Phi) is 9.93. The zero-order valence-corrected chi connectivity index (χ0v) is 17.5. The molecule has 0 N–H and O–H groups in total. The van der Waals surface area contributed by atoms with E-state index in [0.29, 0.717) is 0 Å². The summed E-state index contributed by atoms with van der Waals surface area (Å²) in [6.07, 6.45) is 0. The van der Waals surface area contributed by atoms with Crippen molar-refractivity contribution in [2.24, 2.45) is 0 Å². The van der Waals surface area contributed by atoms with Crippen LogP contribution in [0.2, 0.25) is 0 Å². The fourth-order valence-electron chi connectivity index (χ4n) is 2.00. The first kappa shape index (κ1) is 20.9. The second kappa shape index (κ2) is 11.4. The van der Waals surface area contributed by atoms with Crippen LogP contribution in [-0.2, 0) is 20.4 Å². The van der Waals surface area contributed by atoms with E-state index in [1.807, 2.05) is 0 Å². The van der Waals surface area contributed by atoms with E-state index in [-0.39, 0.29) is 20.4 Å². The molecule has 0 fully saturated rings. The molecule has 0 unspecified atom stereocenters. The van der Waals surface area contributed by atoms with E-state index >= 15 is 0 Å². The van der Waals surface area contributed by atoms with Crippen molar-refractivity contribution in [2.75, 3.05) is 0 Å². The third kappa shape index (κ3) is 6.76. The molecule has 127 valence electrons. The van der Waals surface area contributed by atoms with Crippen LogP contribution in [0.4, 0.5) is 13.2 Å². The molecule has 0 nitrogen and oxygen atoms in total. The van der Waals surface area contributed by atoms with E-state index < -0.39 is 26.5 Å². The van der Waals surface area contributed by atoms with Gasteiger partial charge >= 0.3 is 128 Å². The maximum absolute atomic E-state index is 9.67. The van der Waals surface area contributed by atoms with E-state index in [9.17, 15) is 13.2 Å². The Hall–Kier alpha value is -1.16. The van der Waals surface area contributed by atoms with Gasteiger partial charge in [0.15, 0.2) is 0 Å². The van der Waals surface area contributed by atoms with Crippen LogP contribution in [0.1, 0.15) is 0 Å². The average Bonchev–Trinajstić information content (AvgIpc) is 2.58. The summed E-state index contributed by atoms with van der Waals surface area (Å²) in [5, 5.41) is 0. The minimum absolute atomic E-state index is 0. The number of alkyl halides is 3. The van der Waals surface area contributed by atoms with Crippen molar-refractivity contribution in [3.63, 3.8) is 0 Å². The Bertz CT molecular complexity index is 582.